The number of nitrogens with zero attached hydrogens (tertiary/aromatic N) is 3. The Bertz CT molecular complexity index is 2010. The Labute approximate surface area is 251 Å². The second-order valence-electron chi connectivity index (χ2n) is 11.0. The normalized spacial score (nSPS) is 17.4. The van der Waals surface area contributed by atoms with Crippen LogP contribution in [0.3, 0.4) is 0 Å². The highest BCUT2D eigenvalue weighted by molar-refractivity contribution is 7.89. The van der Waals surface area contributed by atoms with Gasteiger partial charge in [0.1, 0.15) is 11.4 Å². The van der Waals surface area contributed by atoms with E-state index >= 15 is 0 Å². The second-order valence-corrected chi connectivity index (χ2v) is 12.8. The largest absolute Gasteiger partial charge is 0.443 e. The summed E-state index contributed by atoms with van der Waals surface area (Å²) < 4.78 is 116. The average Bonchev–Trinajstić information content (AvgIpc) is 3.53. The number of carbonyl (C=O) groups excluding carboxylic acids is 1. The summed E-state index contributed by atoms with van der Waals surface area (Å²) >= 11 is 0. The van der Waals surface area contributed by atoms with Crippen molar-refractivity contribution in [1.82, 2.24) is 13.4 Å². The van der Waals surface area contributed by atoms with E-state index in [0.29, 0.717) is 4.31 Å². The van der Waals surface area contributed by atoms with Crippen LogP contribution in [0.5, 0.6) is 0 Å². The summed E-state index contributed by atoms with van der Waals surface area (Å²) in [7, 11) is -4.80. The standard InChI is InChI=1S/C29H25F6N3O6S/c1-16(2)38-26(40)17(14-36(27(38)41)21-7-4-19(5-8-21)29(33,34)35)3-9-23(39)22-13-28(31,32)15-37(22)45(42,43)25-12-18-11-20(30)6-10-24(18)44-25/h4-8,10-12,14,16,22H,3,9,13,15H2,1-2H3/t22-/m0/s1. The predicted molar refractivity (Wildman–Crippen MR) is 148 cm³/mol. The fraction of sp³-hybridized carbons (Fsp3) is 0.345. The molecule has 0 aliphatic carbocycles. The molecule has 1 atom stereocenters. The average molecular weight is 658 g/mol. The van der Waals surface area contributed by atoms with Gasteiger partial charge in [-0.05, 0) is 62.7 Å². The maximum absolute atomic E-state index is 14.6. The number of rotatable bonds is 8. The van der Waals surface area contributed by atoms with E-state index in [1.807, 2.05) is 0 Å². The molecule has 0 saturated carbocycles. The molecule has 0 spiro atoms. The highest BCUT2D eigenvalue weighted by Crippen LogP contribution is 2.38. The van der Waals surface area contributed by atoms with E-state index < -0.39 is 93.5 Å². The van der Waals surface area contributed by atoms with Crippen molar-refractivity contribution in [2.45, 2.75) is 62.4 Å². The fourth-order valence-electron chi connectivity index (χ4n) is 5.22. The van der Waals surface area contributed by atoms with E-state index in [1.54, 1.807) is 0 Å². The number of alkyl halides is 5. The number of aromatic nitrogens is 2. The van der Waals surface area contributed by atoms with Crippen LogP contribution in [0, 0.1) is 5.82 Å². The second kappa shape index (κ2) is 11.3. The number of furan rings is 1. The number of sulfonamides is 1. The highest BCUT2D eigenvalue weighted by atomic mass is 32.2. The van der Waals surface area contributed by atoms with Crippen molar-refractivity contribution in [2.75, 3.05) is 6.54 Å². The van der Waals surface area contributed by atoms with Crippen LogP contribution in [0.1, 0.15) is 43.9 Å². The number of carbonyl (C=O) groups is 1. The number of Topliss-reactive ketones (excluding diaryl/α,β-unsaturated/α-hetero) is 1. The first-order valence-corrected chi connectivity index (χ1v) is 15.0. The summed E-state index contributed by atoms with van der Waals surface area (Å²) in [5, 5.41) is -0.700. The van der Waals surface area contributed by atoms with Crippen LogP contribution < -0.4 is 11.2 Å². The van der Waals surface area contributed by atoms with Crippen molar-refractivity contribution >= 4 is 26.8 Å². The van der Waals surface area contributed by atoms with Crippen LogP contribution in [0.2, 0.25) is 0 Å². The van der Waals surface area contributed by atoms with E-state index in [4.69, 9.17) is 4.42 Å². The summed E-state index contributed by atoms with van der Waals surface area (Å²) in [6.07, 6.45) is -5.69. The molecule has 0 unspecified atom stereocenters. The summed E-state index contributed by atoms with van der Waals surface area (Å²) in [4.78, 5) is 39.6. The Kier molecular flexibility index (Phi) is 8.10. The third kappa shape index (κ3) is 6.20. The molecule has 5 rings (SSSR count). The van der Waals surface area contributed by atoms with Crippen LogP contribution in [0.15, 0.2) is 73.8 Å². The molecule has 0 amide bonds. The Morgan fingerprint density at radius 2 is 1.73 bits per heavy atom. The predicted octanol–water partition coefficient (Wildman–Crippen LogP) is 5.08. The summed E-state index contributed by atoms with van der Waals surface area (Å²) in [5.41, 5.74) is -2.79. The Balaban J connectivity index is 1.45. The number of benzene rings is 2. The lowest BCUT2D eigenvalue weighted by Gasteiger charge is -2.21. The lowest BCUT2D eigenvalue weighted by molar-refractivity contribution is -0.137. The van der Waals surface area contributed by atoms with Gasteiger partial charge in [0.25, 0.3) is 21.5 Å². The molecule has 1 aliphatic heterocycles. The fourth-order valence-corrected chi connectivity index (χ4v) is 6.81. The van der Waals surface area contributed by atoms with Gasteiger partial charge in [-0.3, -0.25) is 18.7 Å². The van der Waals surface area contributed by atoms with E-state index in [-0.39, 0.29) is 22.2 Å². The number of hydrogen-bond acceptors (Lipinski definition) is 6. The molecule has 2 aromatic carbocycles. The smallest absolute Gasteiger partial charge is 0.416 e. The minimum absolute atomic E-state index is 0.00611. The summed E-state index contributed by atoms with van der Waals surface area (Å²) in [6, 6.07) is 5.18. The van der Waals surface area contributed by atoms with E-state index in [1.165, 1.54) is 19.9 Å². The number of ketones is 1. The van der Waals surface area contributed by atoms with Crippen molar-refractivity contribution in [3.8, 4) is 5.69 Å². The van der Waals surface area contributed by atoms with Crippen LogP contribution in [0.25, 0.3) is 16.7 Å². The topological polar surface area (TPSA) is 112 Å². The van der Waals surface area contributed by atoms with Gasteiger partial charge < -0.3 is 4.42 Å². The molecule has 0 bridgehead atoms. The molecule has 4 aromatic rings. The lowest BCUT2D eigenvalue weighted by atomic mass is 10.0. The molecule has 9 nitrogen and oxygen atoms in total. The van der Waals surface area contributed by atoms with Gasteiger partial charge in [0.05, 0.1) is 23.8 Å². The number of aryl methyl sites for hydroxylation is 1. The van der Waals surface area contributed by atoms with Crippen molar-refractivity contribution in [3.63, 3.8) is 0 Å². The van der Waals surface area contributed by atoms with E-state index in [0.717, 1.165) is 57.8 Å². The minimum Gasteiger partial charge on any atom is -0.443 e. The SMILES string of the molecule is CC(C)n1c(=O)c(CCC(=O)[C@@H]2CC(F)(F)CN2S(=O)(=O)c2cc3cc(F)ccc3o2)cn(-c2ccc(C(F)(F)F)cc2)c1=O. The maximum Gasteiger partial charge on any atom is 0.416 e. The third-order valence-electron chi connectivity index (χ3n) is 7.44. The van der Waals surface area contributed by atoms with Gasteiger partial charge in [0.2, 0.25) is 5.09 Å². The van der Waals surface area contributed by atoms with Crippen molar-refractivity contribution in [3.05, 3.63) is 92.5 Å². The van der Waals surface area contributed by atoms with Crippen LogP contribution in [0.4, 0.5) is 26.3 Å². The summed E-state index contributed by atoms with van der Waals surface area (Å²) in [5.74, 6) is -5.21. The van der Waals surface area contributed by atoms with Gasteiger partial charge in [0.15, 0.2) is 5.78 Å². The molecule has 1 aliphatic rings. The molecule has 1 saturated heterocycles. The quantitative estimate of drug-likeness (QED) is 0.245. The molecule has 16 heteroatoms. The maximum atomic E-state index is 14.6. The van der Waals surface area contributed by atoms with Crippen LogP contribution in [-0.4, -0.2) is 46.1 Å². The number of fused-ring (bicyclic) bond motifs is 1. The minimum atomic E-state index is -4.80. The Morgan fingerprint density at radius 3 is 2.36 bits per heavy atom. The van der Waals surface area contributed by atoms with Crippen LogP contribution in [-0.2, 0) is 27.4 Å². The number of halogens is 6. The molecular weight excluding hydrogens is 632 g/mol. The highest BCUT2D eigenvalue weighted by Gasteiger charge is 2.53. The molecule has 1 fully saturated rings. The van der Waals surface area contributed by atoms with Crippen molar-refractivity contribution in [1.29, 1.82) is 0 Å². The molecule has 3 heterocycles. The molecule has 0 N–H and O–H groups in total. The van der Waals surface area contributed by atoms with Gasteiger partial charge in [0, 0.05) is 42.1 Å². The molecule has 0 radical (unpaired) electrons. The zero-order chi connectivity index (χ0) is 33.1. The van der Waals surface area contributed by atoms with Gasteiger partial charge in [-0.25, -0.2) is 26.4 Å². The first-order chi connectivity index (χ1) is 20.9. The van der Waals surface area contributed by atoms with Gasteiger partial charge in [-0.1, -0.05) is 0 Å². The third-order valence-corrected chi connectivity index (χ3v) is 9.15. The van der Waals surface area contributed by atoms with E-state index in [2.05, 4.69) is 0 Å². The summed E-state index contributed by atoms with van der Waals surface area (Å²) in [6.45, 7) is 1.71. The Morgan fingerprint density at radius 1 is 1.07 bits per heavy atom. The molecule has 45 heavy (non-hydrogen) atoms. The van der Waals surface area contributed by atoms with Crippen LogP contribution >= 0.6 is 0 Å². The Hall–Kier alpha value is -4.18. The monoisotopic (exact) mass is 657 g/mol. The molecule has 240 valence electrons. The zero-order valence-electron chi connectivity index (χ0n) is 23.6. The van der Waals surface area contributed by atoms with Gasteiger partial charge in [-0.2, -0.15) is 17.5 Å². The van der Waals surface area contributed by atoms with Gasteiger partial charge >= 0.3 is 11.9 Å². The zero-order valence-corrected chi connectivity index (χ0v) is 24.5. The lowest BCUT2D eigenvalue weighted by Crippen LogP contribution is -2.42. The van der Waals surface area contributed by atoms with Gasteiger partial charge in [-0.15, -0.1) is 0 Å². The number of hydrogen-bond donors (Lipinski definition) is 0. The first-order valence-electron chi connectivity index (χ1n) is 13.6. The van der Waals surface area contributed by atoms with Crippen molar-refractivity contribution < 1.29 is 44.0 Å². The molecule has 2 aromatic heterocycles. The van der Waals surface area contributed by atoms with E-state index in [9.17, 15) is 49.1 Å². The first kappa shape index (κ1) is 32.2. The molecular formula is C29H25F6N3O6S. The van der Waals surface area contributed by atoms with Crippen molar-refractivity contribution in [2.24, 2.45) is 0 Å².